The van der Waals surface area contributed by atoms with Gasteiger partial charge in [0, 0.05) is 11.0 Å². The zero-order valence-electron chi connectivity index (χ0n) is 14.2. The molecular formula is C18H21NO4S. The van der Waals surface area contributed by atoms with Crippen LogP contribution in [0.5, 0.6) is 17.2 Å². The van der Waals surface area contributed by atoms with Crippen molar-refractivity contribution in [2.75, 3.05) is 21.3 Å². The molecule has 0 aliphatic carbocycles. The van der Waals surface area contributed by atoms with E-state index in [4.69, 9.17) is 14.2 Å². The first kappa shape index (κ1) is 17.9. The normalized spacial score (nSPS) is 12.0. The number of amides is 1. The number of methoxy groups -OCH3 is 3. The lowest BCUT2D eigenvalue weighted by Crippen LogP contribution is -2.23. The molecule has 1 aromatic carbocycles. The van der Waals surface area contributed by atoms with E-state index in [1.54, 1.807) is 50.9 Å². The third-order valence-electron chi connectivity index (χ3n) is 3.44. The molecule has 1 heterocycles. The van der Waals surface area contributed by atoms with Gasteiger partial charge in [-0.05, 0) is 42.1 Å². The predicted molar refractivity (Wildman–Crippen MR) is 96.0 cm³/mol. The minimum absolute atomic E-state index is 0.0258. The Morgan fingerprint density at radius 2 is 1.83 bits per heavy atom. The van der Waals surface area contributed by atoms with Crippen LogP contribution in [-0.4, -0.2) is 27.2 Å². The summed E-state index contributed by atoms with van der Waals surface area (Å²) in [6.07, 6.45) is 3.20. The number of benzene rings is 1. The molecule has 0 bridgehead atoms. The summed E-state index contributed by atoms with van der Waals surface area (Å²) >= 11 is 1.62. The van der Waals surface area contributed by atoms with Crippen molar-refractivity contribution in [3.63, 3.8) is 0 Å². The van der Waals surface area contributed by atoms with Gasteiger partial charge in [-0.1, -0.05) is 6.07 Å². The van der Waals surface area contributed by atoms with Gasteiger partial charge in [-0.2, -0.15) is 0 Å². The van der Waals surface area contributed by atoms with Crippen LogP contribution in [0, 0.1) is 0 Å². The maximum Gasteiger partial charge on any atom is 0.244 e. The number of hydrogen-bond donors (Lipinski definition) is 1. The highest BCUT2D eigenvalue weighted by Crippen LogP contribution is 2.38. The van der Waals surface area contributed by atoms with Gasteiger partial charge >= 0.3 is 0 Å². The topological polar surface area (TPSA) is 56.8 Å². The average molecular weight is 347 g/mol. The molecule has 0 fully saturated rings. The van der Waals surface area contributed by atoms with Gasteiger partial charge in [0.05, 0.1) is 27.4 Å². The first-order valence-electron chi connectivity index (χ1n) is 7.41. The Morgan fingerprint density at radius 1 is 1.17 bits per heavy atom. The van der Waals surface area contributed by atoms with Crippen molar-refractivity contribution in [3.8, 4) is 17.2 Å². The fraction of sp³-hybridized carbons (Fsp3) is 0.278. The molecule has 2 aromatic rings. The van der Waals surface area contributed by atoms with E-state index in [-0.39, 0.29) is 11.9 Å². The number of ether oxygens (including phenoxy) is 3. The molecule has 0 spiro atoms. The first-order chi connectivity index (χ1) is 11.6. The van der Waals surface area contributed by atoms with Gasteiger partial charge in [0.2, 0.25) is 11.7 Å². The Morgan fingerprint density at radius 3 is 2.33 bits per heavy atom. The standard InChI is InChI=1S/C18H21NO4S/c1-12(16-6-5-9-24-16)19-17(20)8-7-13-10-14(21-2)18(23-4)15(11-13)22-3/h5-12H,1-4H3,(H,19,20)/b8-7+/t12-/m1/s1. The Bertz CT molecular complexity index is 685. The molecule has 1 aromatic heterocycles. The fourth-order valence-electron chi connectivity index (χ4n) is 2.24. The molecule has 1 amide bonds. The van der Waals surface area contributed by atoms with Gasteiger partial charge in [-0.15, -0.1) is 11.3 Å². The summed E-state index contributed by atoms with van der Waals surface area (Å²) < 4.78 is 15.9. The van der Waals surface area contributed by atoms with Gasteiger partial charge in [0.1, 0.15) is 0 Å². The van der Waals surface area contributed by atoms with E-state index in [1.165, 1.54) is 6.08 Å². The maximum absolute atomic E-state index is 12.1. The van der Waals surface area contributed by atoms with E-state index in [9.17, 15) is 4.79 Å². The van der Waals surface area contributed by atoms with Crippen LogP contribution in [0.2, 0.25) is 0 Å². The predicted octanol–water partition coefficient (Wildman–Crippen LogP) is 3.66. The molecule has 0 radical (unpaired) electrons. The van der Waals surface area contributed by atoms with Crippen molar-refractivity contribution < 1.29 is 19.0 Å². The summed E-state index contributed by atoms with van der Waals surface area (Å²) in [7, 11) is 4.66. The highest BCUT2D eigenvalue weighted by Gasteiger charge is 2.12. The second-order valence-electron chi connectivity index (χ2n) is 5.04. The molecule has 0 saturated carbocycles. The molecule has 1 N–H and O–H groups in total. The molecule has 1 atom stereocenters. The highest BCUT2D eigenvalue weighted by molar-refractivity contribution is 7.10. The smallest absolute Gasteiger partial charge is 0.244 e. The van der Waals surface area contributed by atoms with Crippen LogP contribution >= 0.6 is 11.3 Å². The number of hydrogen-bond acceptors (Lipinski definition) is 5. The summed E-state index contributed by atoms with van der Waals surface area (Å²) in [5.41, 5.74) is 0.781. The zero-order valence-corrected chi connectivity index (χ0v) is 15.0. The molecular weight excluding hydrogens is 326 g/mol. The van der Waals surface area contributed by atoms with Crippen LogP contribution in [0.3, 0.4) is 0 Å². The summed E-state index contributed by atoms with van der Waals surface area (Å²) in [5, 5.41) is 4.92. The number of nitrogens with one attached hydrogen (secondary N) is 1. The quantitative estimate of drug-likeness (QED) is 0.777. The van der Waals surface area contributed by atoms with Crippen molar-refractivity contribution in [2.24, 2.45) is 0 Å². The van der Waals surface area contributed by atoms with Crippen LogP contribution < -0.4 is 19.5 Å². The van der Waals surface area contributed by atoms with Crippen LogP contribution in [-0.2, 0) is 4.79 Å². The second kappa shape index (κ2) is 8.40. The molecule has 6 heteroatoms. The van der Waals surface area contributed by atoms with Crippen LogP contribution in [0.4, 0.5) is 0 Å². The van der Waals surface area contributed by atoms with E-state index < -0.39 is 0 Å². The van der Waals surface area contributed by atoms with Gasteiger partial charge in [-0.25, -0.2) is 0 Å². The van der Waals surface area contributed by atoms with Crippen molar-refractivity contribution in [2.45, 2.75) is 13.0 Å². The third-order valence-corrected chi connectivity index (χ3v) is 4.50. The molecule has 0 saturated heterocycles. The lowest BCUT2D eigenvalue weighted by atomic mass is 10.1. The molecule has 0 aliphatic rings. The van der Waals surface area contributed by atoms with Gasteiger partial charge in [-0.3, -0.25) is 4.79 Å². The van der Waals surface area contributed by atoms with Crippen molar-refractivity contribution in [3.05, 3.63) is 46.2 Å². The van der Waals surface area contributed by atoms with Crippen molar-refractivity contribution in [1.29, 1.82) is 0 Å². The van der Waals surface area contributed by atoms with E-state index in [0.29, 0.717) is 17.2 Å². The molecule has 0 aliphatic heterocycles. The summed E-state index contributed by atoms with van der Waals surface area (Å²) in [6, 6.07) is 7.51. The fourth-order valence-corrected chi connectivity index (χ4v) is 2.97. The second-order valence-corrected chi connectivity index (χ2v) is 6.02. The van der Waals surface area contributed by atoms with Crippen LogP contribution in [0.1, 0.15) is 23.4 Å². The SMILES string of the molecule is COc1cc(/C=C/C(=O)N[C@H](C)c2cccs2)cc(OC)c1OC. The third kappa shape index (κ3) is 4.29. The number of rotatable bonds is 7. The largest absolute Gasteiger partial charge is 0.493 e. The van der Waals surface area contributed by atoms with E-state index in [2.05, 4.69) is 5.32 Å². The van der Waals surface area contributed by atoms with Crippen LogP contribution in [0.15, 0.2) is 35.7 Å². The summed E-state index contributed by atoms with van der Waals surface area (Å²) in [4.78, 5) is 13.2. The molecule has 0 unspecified atom stereocenters. The minimum Gasteiger partial charge on any atom is -0.493 e. The Hall–Kier alpha value is -2.47. The van der Waals surface area contributed by atoms with E-state index >= 15 is 0 Å². The Labute approximate surface area is 145 Å². The van der Waals surface area contributed by atoms with Gasteiger partial charge < -0.3 is 19.5 Å². The highest BCUT2D eigenvalue weighted by atomic mass is 32.1. The molecule has 24 heavy (non-hydrogen) atoms. The molecule has 5 nitrogen and oxygen atoms in total. The summed E-state index contributed by atoms with van der Waals surface area (Å²) in [5.74, 6) is 1.45. The lowest BCUT2D eigenvalue weighted by Gasteiger charge is -2.13. The minimum atomic E-state index is -0.162. The van der Waals surface area contributed by atoms with Crippen molar-refractivity contribution >= 4 is 23.3 Å². The monoisotopic (exact) mass is 347 g/mol. The van der Waals surface area contributed by atoms with Crippen LogP contribution in [0.25, 0.3) is 6.08 Å². The van der Waals surface area contributed by atoms with E-state index in [1.807, 2.05) is 24.4 Å². The Kier molecular flexibility index (Phi) is 6.26. The summed E-state index contributed by atoms with van der Waals surface area (Å²) in [6.45, 7) is 1.96. The first-order valence-corrected chi connectivity index (χ1v) is 8.29. The van der Waals surface area contributed by atoms with Gasteiger partial charge in [0.25, 0.3) is 0 Å². The molecule has 2 rings (SSSR count). The maximum atomic E-state index is 12.1. The molecule has 128 valence electrons. The van der Waals surface area contributed by atoms with Crippen molar-refractivity contribution in [1.82, 2.24) is 5.32 Å². The van der Waals surface area contributed by atoms with E-state index in [0.717, 1.165) is 10.4 Å². The number of carbonyl (C=O) groups excluding carboxylic acids is 1. The number of thiophene rings is 1. The lowest BCUT2D eigenvalue weighted by molar-refractivity contribution is -0.117. The number of carbonyl (C=O) groups is 1. The zero-order chi connectivity index (χ0) is 17.5. The Balaban J connectivity index is 2.12. The van der Waals surface area contributed by atoms with Gasteiger partial charge in [0.15, 0.2) is 11.5 Å². The average Bonchev–Trinajstić information content (AvgIpc) is 3.13.